The summed E-state index contributed by atoms with van der Waals surface area (Å²) < 4.78 is 68.7. The number of carbonyl (C=O) groups excluding carboxylic acids is 4. The number of phosphoric ester groups is 2. The Bertz CT molecular complexity index is 1960. The molecule has 7 atom stereocenters. The molecule has 100 heavy (non-hydrogen) atoms. The van der Waals surface area contributed by atoms with Gasteiger partial charge in [0.15, 0.2) is 12.2 Å². The Morgan fingerprint density at radius 1 is 0.280 bits per heavy atom. The minimum atomic E-state index is -4.96. The molecule has 0 saturated heterocycles. The third kappa shape index (κ3) is 71.7. The first-order valence-corrected chi connectivity index (χ1v) is 44.8. The summed E-state index contributed by atoms with van der Waals surface area (Å²) in [6, 6.07) is 0. The van der Waals surface area contributed by atoms with Crippen LogP contribution in [0.5, 0.6) is 0 Å². The second-order valence-electron chi connectivity index (χ2n) is 30.6. The lowest BCUT2D eigenvalue weighted by Gasteiger charge is -2.21. The van der Waals surface area contributed by atoms with Crippen LogP contribution in [0.4, 0.5) is 0 Å². The molecular formula is C81H158O17P2. The smallest absolute Gasteiger partial charge is 0.462 e. The summed E-state index contributed by atoms with van der Waals surface area (Å²) in [6.07, 6.45) is 56.8. The number of phosphoric acid groups is 2. The molecule has 0 aromatic carbocycles. The molecule has 0 aliphatic rings. The van der Waals surface area contributed by atoms with E-state index in [0.29, 0.717) is 31.6 Å². The Labute approximate surface area is 613 Å². The first kappa shape index (κ1) is 98.1. The second-order valence-corrected chi connectivity index (χ2v) is 33.5. The van der Waals surface area contributed by atoms with Crippen LogP contribution >= 0.6 is 15.6 Å². The second kappa shape index (κ2) is 70.1. The van der Waals surface area contributed by atoms with Gasteiger partial charge in [-0.25, -0.2) is 9.13 Å². The van der Waals surface area contributed by atoms with Crippen molar-refractivity contribution in [1.29, 1.82) is 0 Å². The molecule has 0 bridgehead atoms. The molecule has 5 unspecified atom stereocenters. The van der Waals surface area contributed by atoms with Crippen molar-refractivity contribution in [2.45, 2.75) is 433 Å². The molecule has 594 valence electrons. The van der Waals surface area contributed by atoms with Crippen molar-refractivity contribution in [2.75, 3.05) is 39.6 Å². The zero-order valence-electron chi connectivity index (χ0n) is 65.8. The molecule has 0 aromatic rings. The zero-order chi connectivity index (χ0) is 73.8. The molecule has 3 N–H and O–H groups in total. The number of aliphatic hydroxyl groups excluding tert-OH is 1. The van der Waals surface area contributed by atoms with Gasteiger partial charge in [-0.15, -0.1) is 0 Å². The largest absolute Gasteiger partial charge is 0.472 e. The van der Waals surface area contributed by atoms with Crippen molar-refractivity contribution in [2.24, 2.45) is 23.7 Å². The van der Waals surface area contributed by atoms with Gasteiger partial charge >= 0.3 is 39.5 Å². The summed E-state index contributed by atoms with van der Waals surface area (Å²) >= 11 is 0. The van der Waals surface area contributed by atoms with Crippen LogP contribution in [0.2, 0.25) is 0 Å². The fourth-order valence-corrected chi connectivity index (χ4v) is 13.9. The molecule has 0 aromatic heterocycles. The van der Waals surface area contributed by atoms with E-state index in [9.17, 15) is 43.2 Å². The van der Waals surface area contributed by atoms with E-state index in [2.05, 4.69) is 55.4 Å². The molecule has 0 saturated carbocycles. The van der Waals surface area contributed by atoms with Gasteiger partial charge in [0.25, 0.3) is 0 Å². The van der Waals surface area contributed by atoms with Crippen molar-refractivity contribution < 1.29 is 80.2 Å². The summed E-state index contributed by atoms with van der Waals surface area (Å²) in [4.78, 5) is 73.0. The zero-order valence-corrected chi connectivity index (χ0v) is 67.6. The first-order chi connectivity index (χ1) is 48.2. The Balaban J connectivity index is 5.23. The van der Waals surface area contributed by atoms with Crippen LogP contribution in [-0.4, -0.2) is 96.7 Å². The average molecular weight is 1470 g/mol. The molecule has 0 aliphatic carbocycles. The van der Waals surface area contributed by atoms with Crippen LogP contribution in [0, 0.1) is 23.7 Å². The predicted molar refractivity (Wildman–Crippen MR) is 409 cm³/mol. The minimum absolute atomic E-state index is 0.106. The highest BCUT2D eigenvalue weighted by Gasteiger charge is 2.30. The third-order valence-corrected chi connectivity index (χ3v) is 21.4. The van der Waals surface area contributed by atoms with Gasteiger partial charge in [0, 0.05) is 25.7 Å². The molecule has 19 heteroatoms. The summed E-state index contributed by atoms with van der Waals surface area (Å²) in [6.45, 7) is 14.3. The highest BCUT2D eigenvalue weighted by atomic mass is 31.2. The Morgan fingerprint density at radius 2 is 0.480 bits per heavy atom. The number of hydrogen-bond acceptors (Lipinski definition) is 15. The van der Waals surface area contributed by atoms with E-state index in [-0.39, 0.29) is 25.7 Å². The fraction of sp³-hybridized carbons (Fsp3) is 0.951. The molecule has 0 amide bonds. The molecule has 0 radical (unpaired) electrons. The lowest BCUT2D eigenvalue weighted by atomic mass is 9.99. The maximum atomic E-state index is 13.1. The first-order valence-electron chi connectivity index (χ1n) is 41.8. The molecule has 0 fully saturated rings. The van der Waals surface area contributed by atoms with Gasteiger partial charge in [-0.1, -0.05) is 364 Å². The molecular weight excluding hydrogens is 1310 g/mol. The van der Waals surface area contributed by atoms with Gasteiger partial charge in [0.05, 0.1) is 26.4 Å². The van der Waals surface area contributed by atoms with Gasteiger partial charge in [-0.2, -0.15) is 0 Å². The summed E-state index contributed by atoms with van der Waals surface area (Å²) in [5, 5.41) is 10.6. The predicted octanol–water partition coefficient (Wildman–Crippen LogP) is 24.0. The van der Waals surface area contributed by atoms with Crippen molar-refractivity contribution >= 4 is 39.5 Å². The van der Waals surface area contributed by atoms with E-state index in [4.69, 9.17) is 37.0 Å². The number of aliphatic hydroxyl groups is 1. The maximum absolute atomic E-state index is 13.1. The molecule has 0 heterocycles. The van der Waals surface area contributed by atoms with Gasteiger partial charge in [0.1, 0.15) is 19.3 Å². The van der Waals surface area contributed by atoms with E-state index in [1.165, 1.54) is 212 Å². The van der Waals surface area contributed by atoms with Gasteiger partial charge in [-0.3, -0.25) is 37.3 Å². The standard InChI is InChI=1S/C81H158O17P2/c1-9-73(7)59-51-43-35-27-21-17-14-15-19-23-30-38-47-55-63-80(85)98-77(68-92-79(84)62-54-46-40-32-34-42-50-58-72(5)6)70-96-100(89,90)94-66-75(82)65-93-99(87,88)95-69-76(97-81(86)64-56-48-39-31-25-24-28-36-44-52-60-74(8)10-2)67-91-78(83)61-53-45-37-29-22-18-13-11-12-16-20-26-33-41-49-57-71(3)4/h71-77,82H,9-70H2,1-8H3,(H,87,88)(H,89,90)/t73?,74?,75?,76-,77-/m1/s1. The van der Waals surface area contributed by atoms with Crippen molar-refractivity contribution in [3.63, 3.8) is 0 Å². The van der Waals surface area contributed by atoms with Gasteiger partial charge in [0.2, 0.25) is 0 Å². The highest BCUT2D eigenvalue weighted by molar-refractivity contribution is 7.47. The number of unbranched alkanes of at least 4 members (excludes halogenated alkanes) is 42. The minimum Gasteiger partial charge on any atom is -0.462 e. The summed E-state index contributed by atoms with van der Waals surface area (Å²) in [5.41, 5.74) is 0. The summed E-state index contributed by atoms with van der Waals surface area (Å²) in [7, 11) is -9.92. The van der Waals surface area contributed by atoms with Crippen LogP contribution < -0.4 is 0 Å². The van der Waals surface area contributed by atoms with E-state index in [1.54, 1.807) is 0 Å². The Morgan fingerprint density at radius 3 is 0.710 bits per heavy atom. The maximum Gasteiger partial charge on any atom is 0.472 e. The number of ether oxygens (including phenoxy) is 4. The van der Waals surface area contributed by atoms with Crippen molar-refractivity contribution in [3.05, 3.63) is 0 Å². The lowest BCUT2D eigenvalue weighted by Crippen LogP contribution is -2.30. The van der Waals surface area contributed by atoms with E-state index in [1.807, 2.05) is 0 Å². The van der Waals surface area contributed by atoms with Crippen LogP contribution in [0.3, 0.4) is 0 Å². The molecule has 0 rings (SSSR count). The van der Waals surface area contributed by atoms with Crippen LogP contribution in [-0.2, 0) is 65.4 Å². The number of hydrogen-bond donors (Lipinski definition) is 3. The number of rotatable bonds is 78. The van der Waals surface area contributed by atoms with E-state index < -0.39 is 97.5 Å². The molecule has 0 aliphatic heterocycles. The monoisotopic (exact) mass is 1470 g/mol. The third-order valence-electron chi connectivity index (χ3n) is 19.5. The molecule has 17 nitrogen and oxygen atoms in total. The van der Waals surface area contributed by atoms with Crippen LogP contribution in [0.1, 0.15) is 415 Å². The number of carbonyl (C=O) groups is 4. The highest BCUT2D eigenvalue weighted by Crippen LogP contribution is 2.45. The normalized spacial score (nSPS) is 14.6. The Hall–Kier alpha value is -1.94. The van der Waals surface area contributed by atoms with E-state index in [0.717, 1.165) is 114 Å². The van der Waals surface area contributed by atoms with E-state index >= 15 is 0 Å². The fourth-order valence-electron chi connectivity index (χ4n) is 12.4. The number of esters is 4. The SMILES string of the molecule is CCC(C)CCCCCCCCCCCCCCCCC(=O)O[C@H](COC(=O)CCCCCCCCCC(C)C)COP(=O)(O)OCC(O)COP(=O)(O)OC[C@@H](COC(=O)CCCCCCCCCCCCCCCCCC(C)C)OC(=O)CCCCCCCCCCCCC(C)CC. The summed E-state index contributed by atoms with van der Waals surface area (Å²) in [5.74, 6) is 1.05. The topological polar surface area (TPSA) is 237 Å². The molecule has 0 spiro atoms. The lowest BCUT2D eigenvalue weighted by molar-refractivity contribution is -0.161. The Kier molecular flexibility index (Phi) is 68.7. The van der Waals surface area contributed by atoms with Crippen LogP contribution in [0.25, 0.3) is 0 Å². The van der Waals surface area contributed by atoms with Crippen molar-refractivity contribution in [3.8, 4) is 0 Å². The van der Waals surface area contributed by atoms with Gasteiger partial charge in [-0.05, 0) is 49.4 Å². The van der Waals surface area contributed by atoms with Crippen molar-refractivity contribution in [1.82, 2.24) is 0 Å². The van der Waals surface area contributed by atoms with Crippen LogP contribution in [0.15, 0.2) is 0 Å². The van der Waals surface area contributed by atoms with Gasteiger partial charge < -0.3 is 33.8 Å². The average Bonchev–Trinajstić information content (AvgIpc) is 0.991. The quantitative estimate of drug-likeness (QED) is 0.0222.